The topological polar surface area (TPSA) is 18.5 Å². The van der Waals surface area contributed by atoms with E-state index in [1.165, 1.54) is 11.4 Å². The number of para-hydroxylation sites is 2. The van der Waals surface area contributed by atoms with Gasteiger partial charge in [-0.2, -0.15) is 0 Å². The van der Waals surface area contributed by atoms with Crippen LogP contribution in [0.3, 0.4) is 0 Å². The van der Waals surface area contributed by atoms with Gasteiger partial charge < -0.3 is 4.90 Å². The van der Waals surface area contributed by atoms with Gasteiger partial charge in [-0.3, -0.25) is 5.01 Å². The zero-order valence-electron chi connectivity index (χ0n) is 8.40. The van der Waals surface area contributed by atoms with E-state index in [9.17, 15) is 0 Å². The van der Waals surface area contributed by atoms with Gasteiger partial charge in [-0.15, -0.1) is 0 Å². The molecule has 2 rings (SSSR count). The van der Waals surface area contributed by atoms with Gasteiger partial charge in [0.2, 0.25) is 0 Å². The summed E-state index contributed by atoms with van der Waals surface area (Å²) in [5, 5.41) is 2.14. The molecule has 1 aromatic rings. The standard InChI is InChI=1S/C11H15N3/c1-3-12-14-9-13(4-2)10-7-5-6-8-11(10)14/h4-8,12H,2-3,9H2,1H3. The second kappa shape index (κ2) is 3.72. The smallest absolute Gasteiger partial charge is 0.109 e. The maximum atomic E-state index is 3.81. The van der Waals surface area contributed by atoms with Crippen molar-refractivity contribution in [2.45, 2.75) is 6.92 Å². The van der Waals surface area contributed by atoms with Crippen molar-refractivity contribution in [1.29, 1.82) is 0 Å². The van der Waals surface area contributed by atoms with Crippen molar-refractivity contribution in [2.75, 3.05) is 23.1 Å². The van der Waals surface area contributed by atoms with Crippen LogP contribution in [0.4, 0.5) is 11.4 Å². The quantitative estimate of drug-likeness (QED) is 0.784. The third-order valence-corrected chi connectivity index (χ3v) is 2.35. The SMILES string of the molecule is C=CN1CN(NCC)c2ccccc21. The van der Waals surface area contributed by atoms with Crippen LogP contribution in [0.25, 0.3) is 0 Å². The normalized spacial score (nSPS) is 14.4. The Hall–Kier alpha value is -1.48. The molecule has 0 atom stereocenters. The largest absolute Gasteiger partial charge is 0.327 e. The van der Waals surface area contributed by atoms with Crippen molar-refractivity contribution < 1.29 is 0 Å². The second-order valence-electron chi connectivity index (χ2n) is 3.22. The summed E-state index contributed by atoms with van der Waals surface area (Å²) >= 11 is 0. The number of nitrogens with one attached hydrogen (secondary N) is 1. The van der Waals surface area contributed by atoms with Gasteiger partial charge in [0, 0.05) is 6.54 Å². The number of hydrazine groups is 1. The fourth-order valence-corrected chi connectivity index (χ4v) is 1.72. The molecule has 0 aliphatic carbocycles. The zero-order chi connectivity index (χ0) is 9.97. The molecule has 3 nitrogen and oxygen atoms in total. The molecular weight excluding hydrogens is 174 g/mol. The number of anilines is 2. The lowest BCUT2D eigenvalue weighted by Crippen LogP contribution is -2.39. The summed E-state index contributed by atoms with van der Waals surface area (Å²) in [7, 11) is 0. The summed E-state index contributed by atoms with van der Waals surface area (Å²) in [6, 6.07) is 8.32. The molecular formula is C11H15N3. The molecule has 0 aromatic heterocycles. The van der Waals surface area contributed by atoms with Crippen LogP contribution in [0.5, 0.6) is 0 Å². The lowest BCUT2D eigenvalue weighted by molar-refractivity contribution is 0.669. The van der Waals surface area contributed by atoms with E-state index in [2.05, 4.69) is 47.0 Å². The Balaban J connectivity index is 2.33. The van der Waals surface area contributed by atoms with Crippen LogP contribution < -0.4 is 15.3 Å². The number of hydrogen-bond acceptors (Lipinski definition) is 3. The van der Waals surface area contributed by atoms with Gasteiger partial charge in [-0.05, 0) is 18.3 Å². The molecule has 0 bridgehead atoms. The van der Waals surface area contributed by atoms with Gasteiger partial charge in [0.1, 0.15) is 6.67 Å². The van der Waals surface area contributed by atoms with Crippen molar-refractivity contribution in [3.8, 4) is 0 Å². The highest BCUT2D eigenvalue weighted by atomic mass is 15.6. The first-order valence-corrected chi connectivity index (χ1v) is 4.86. The van der Waals surface area contributed by atoms with Gasteiger partial charge in [-0.25, -0.2) is 5.43 Å². The van der Waals surface area contributed by atoms with Crippen LogP contribution in [0.15, 0.2) is 37.0 Å². The molecule has 0 saturated carbocycles. The molecule has 0 fully saturated rings. The first-order valence-electron chi connectivity index (χ1n) is 4.86. The molecule has 1 heterocycles. The average molecular weight is 189 g/mol. The Morgan fingerprint density at radius 1 is 1.43 bits per heavy atom. The van der Waals surface area contributed by atoms with E-state index in [1.54, 1.807) is 0 Å². The Kier molecular flexibility index (Phi) is 2.41. The highest BCUT2D eigenvalue weighted by Crippen LogP contribution is 2.34. The maximum absolute atomic E-state index is 3.81. The minimum Gasteiger partial charge on any atom is -0.327 e. The Labute approximate surface area is 84.6 Å². The molecule has 3 heteroatoms. The molecule has 1 aliphatic rings. The van der Waals surface area contributed by atoms with Crippen molar-refractivity contribution in [2.24, 2.45) is 0 Å². The minimum absolute atomic E-state index is 0.830. The highest BCUT2D eigenvalue weighted by Gasteiger charge is 2.22. The van der Waals surface area contributed by atoms with Crippen molar-refractivity contribution >= 4 is 11.4 Å². The first-order chi connectivity index (χ1) is 6.86. The van der Waals surface area contributed by atoms with E-state index in [4.69, 9.17) is 0 Å². The Morgan fingerprint density at radius 2 is 2.14 bits per heavy atom. The minimum atomic E-state index is 0.830. The number of rotatable bonds is 3. The fraction of sp³-hybridized carbons (Fsp3) is 0.273. The van der Waals surface area contributed by atoms with Crippen LogP contribution in [0.1, 0.15) is 6.92 Å². The second-order valence-corrected chi connectivity index (χ2v) is 3.22. The number of benzene rings is 1. The predicted octanol–water partition coefficient (Wildman–Crippen LogP) is 1.94. The molecule has 74 valence electrons. The molecule has 0 amide bonds. The molecule has 1 aromatic carbocycles. The van der Waals surface area contributed by atoms with Crippen molar-refractivity contribution in [3.63, 3.8) is 0 Å². The summed E-state index contributed by atoms with van der Waals surface area (Å²) < 4.78 is 0. The summed E-state index contributed by atoms with van der Waals surface area (Å²) in [6.07, 6.45) is 1.86. The lowest BCUT2D eigenvalue weighted by atomic mass is 10.3. The van der Waals surface area contributed by atoms with Crippen molar-refractivity contribution in [3.05, 3.63) is 37.0 Å². The van der Waals surface area contributed by atoms with E-state index < -0.39 is 0 Å². The van der Waals surface area contributed by atoms with Crippen LogP contribution >= 0.6 is 0 Å². The average Bonchev–Trinajstić information content (AvgIpc) is 2.58. The van der Waals surface area contributed by atoms with Gasteiger partial charge >= 0.3 is 0 Å². The van der Waals surface area contributed by atoms with Crippen LogP contribution in [-0.4, -0.2) is 13.2 Å². The third-order valence-electron chi connectivity index (χ3n) is 2.35. The fourth-order valence-electron chi connectivity index (χ4n) is 1.72. The Morgan fingerprint density at radius 3 is 2.79 bits per heavy atom. The molecule has 1 N–H and O–H groups in total. The summed E-state index contributed by atoms with van der Waals surface area (Å²) in [5.74, 6) is 0. The summed E-state index contributed by atoms with van der Waals surface area (Å²) in [6.45, 7) is 7.66. The van der Waals surface area contributed by atoms with Crippen LogP contribution in [0.2, 0.25) is 0 Å². The van der Waals surface area contributed by atoms with Gasteiger partial charge in [0.05, 0.1) is 11.4 Å². The van der Waals surface area contributed by atoms with Gasteiger partial charge in [0.15, 0.2) is 0 Å². The molecule has 0 saturated heterocycles. The maximum Gasteiger partial charge on any atom is 0.109 e. The Bertz CT molecular complexity index is 335. The van der Waals surface area contributed by atoms with Crippen LogP contribution in [0, 0.1) is 0 Å². The number of nitrogens with zero attached hydrogens (tertiary/aromatic N) is 2. The lowest BCUT2D eigenvalue weighted by Gasteiger charge is -2.19. The first kappa shape index (κ1) is 9.09. The van der Waals surface area contributed by atoms with E-state index in [0.717, 1.165) is 13.2 Å². The van der Waals surface area contributed by atoms with E-state index >= 15 is 0 Å². The monoisotopic (exact) mass is 189 g/mol. The van der Waals surface area contributed by atoms with E-state index in [0.29, 0.717) is 0 Å². The molecule has 0 radical (unpaired) electrons. The zero-order valence-corrected chi connectivity index (χ0v) is 8.40. The van der Waals surface area contributed by atoms with E-state index in [-0.39, 0.29) is 0 Å². The summed E-state index contributed by atoms with van der Waals surface area (Å²) in [5.41, 5.74) is 5.74. The summed E-state index contributed by atoms with van der Waals surface area (Å²) in [4.78, 5) is 2.12. The molecule has 14 heavy (non-hydrogen) atoms. The molecule has 1 aliphatic heterocycles. The predicted molar refractivity (Wildman–Crippen MR) is 60.1 cm³/mol. The highest BCUT2D eigenvalue weighted by molar-refractivity contribution is 5.76. The molecule has 0 unspecified atom stereocenters. The van der Waals surface area contributed by atoms with Gasteiger partial charge in [0.25, 0.3) is 0 Å². The molecule has 0 spiro atoms. The number of fused-ring (bicyclic) bond motifs is 1. The third kappa shape index (κ3) is 1.36. The van der Waals surface area contributed by atoms with Crippen LogP contribution in [-0.2, 0) is 0 Å². The van der Waals surface area contributed by atoms with E-state index in [1.807, 2.05) is 12.3 Å². The van der Waals surface area contributed by atoms with Gasteiger partial charge in [-0.1, -0.05) is 25.6 Å². The van der Waals surface area contributed by atoms with Crippen molar-refractivity contribution in [1.82, 2.24) is 5.43 Å². The number of hydrogen-bond donors (Lipinski definition) is 1.